The fraction of sp³-hybridized carbons (Fsp3) is 1.00. The minimum absolute atomic E-state index is 0.598. The molecule has 0 rings (SSSR count). The summed E-state index contributed by atoms with van der Waals surface area (Å²) >= 11 is 0. The molecule has 0 amide bonds. The molecule has 11 heavy (non-hydrogen) atoms. The van der Waals surface area contributed by atoms with Crippen LogP contribution in [0.1, 0.15) is 33.6 Å². The normalized spacial score (nSPS) is 10.9. The second kappa shape index (κ2) is 8.02. The van der Waals surface area contributed by atoms with Gasteiger partial charge in [0.05, 0.1) is 0 Å². The molecule has 0 spiro atoms. The Labute approximate surface area is 70.3 Å². The molecule has 68 valence electrons. The first-order valence-electron chi connectivity index (χ1n) is 4.58. The molecule has 0 heterocycles. The summed E-state index contributed by atoms with van der Waals surface area (Å²) in [4.78, 5) is 0. The average Bonchev–Trinajstić information content (AvgIpc) is 1.96. The molecule has 1 N–H and O–H groups in total. The maximum atomic E-state index is 5.32. The first-order chi connectivity index (χ1) is 5.27. The number of rotatable bonds is 7. The van der Waals surface area contributed by atoms with Gasteiger partial charge >= 0.3 is 0 Å². The van der Waals surface area contributed by atoms with Crippen LogP contribution in [-0.4, -0.2) is 25.8 Å². The monoisotopic (exact) mass is 159 g/mol. The van der Waals surface area contributed by atoms with Crippen molar-refractivity contribution in [1.82, 2.24) is 5.32 Å². The molecule has 0 aromatic rings. The summed E-state index contributed by atoms with van der Waals surface area (Å²) in [5.41, 5.74) is 0. The Morgan fingerprint density at radius 1 is 1.27 bits per heavy atom. The van der Waals surface area contributed by atoms with Gasteiger partial charge in [-0.25, -0.2) is 0 Å². The summed E-state index contributed by atoms with van der Waals surface area (Å²) in [7, 11) is 0. The van der Waals surface area contributed by atoms with Crippen molar-refractivity contribution < 1.29 is 4.74 Å². The van der Waals surface area contributed by atoms with Gasteiger partial charge in [-0.05, 0) is 19.4 Å². The van der Waals surface area contributed by atoms with Crippen molar-refractivity contribution in [1.29, 1.82) is 0 Å². The number of ether oxygens (including phenoxy) is 1. The molecule has 0 atom stereocenters. The van der Waals surface area contributed by atoms with Gasteiger partial charge in [0.15, 0.2) is 0 Å². The predicted octanol–water partition coefficient (Wildman–Crippen LogP) is 1.80. The average molecular weight is 159 g/mol. The lowest BCUT2D eigenvalue weighted by Gasteiger charge is -2.07. The van der Waals surface area contributed by atoms with Crippen molar-refractivity contribution in [3.63, 3.8) is 0 Å². The third kappa shape index (κ3) is 9.92. The zero-order valence-electron chi connectivity index (χ0n) is 8.02. The maximum absolute atomic E-state index is 5.32. The number of hydrogen-bond donors (Lipinski definition) is 1. The van der Waals surface area contributed by atoms with E-state index in [0.29, 0.717) is 6.04 Å². The van der Waals surface area contributed by atoms with Gasteiger partial charge in [-0.3, -0.25) is 0 Å². The molecule has 0 fully saturated rings. The molecule has 0 aliphatic carbocycles. The van der Waals surface area contributed by atoms with Crippen molar-refractivity contribution in [2.24, 2.45) is 0 Å². The topological polar surface area (TPSA) is 21.3 Å². The molecule has 2 nitrogen and oxygen atoms in total. The van der Waals surface area contributed by atoms with Gasteiger partial charge < -0.3 is 10.1 Å². The van der Waals surface area contributed by atoms with Crippen LogP contribution in [0.5, 0.6) is 0 Å². The van der Waals surface area contributed by atoms with E-state index >= 15 is 0 Å². The summed E-state index contributed by atoms with van der Waals surface area (Å²) in [5.74, 6) is 0. The first kappa shape index (κ1) is 10.9. The fourth-order valence-corrected chi connectivity index (χ4v) is 0.811. The molecule has 0 aromatic heterocycles. The van der Waals surface area contributed by atoms with E-state index in [2.05, 4.69) is 26.1 Å². The van der Waals surface area contributed by atoms with Gasteiger partial charge in [0.2, 0.25) is 0 Å². The van der Waals surface area contributed by atoms with Crippen LogP contribution in [0, 0.1) is 0 Å². The van der Waals surface area contributed by atoms with Crippen LogP contribution in [0.4, 0.5) is 0 Å². The third-order valence-electron chi connectivity index (χ3n) is 1.37. The van der Waals surface area contributed by atoms with Crippen LogP contribution in [-0.2, 0) is 4.74 Å². The molecule has 0 aliphatic heterocycles. The van der Waals surface area contributed by atoms with E-state index in [0.717, 1.165) is 32.6 Å². The highest BCUT2D eigenvalue weighted by Crippen LogP contribution is 1.85. The van der Waals surface area contributed by atoms with Crippen molar-refractivity contribution in [2.75, 3.05) is 19.8 Å². The Kier molecular flexibility index (Phi) is 7.96. The minimum Gasteiger partial charge on any atom is -0.381 e. The highest BCUT2D eigenvalue weighted by Gasteiger charge is 1.91. The highest BCUT2D eigenvalue weighted by atomic mass is 16.5. The maximum Gasteiger partial charge on any atom is 0.0478 e. The Bertz CT molecular complexity index is 74.0. The van der Waals surface area contributed by atoms with E-state index in [1.807, 2.05) is 0 Å². The molecule has 0 radical (unpaired) electrons. The van der Waals surface area contributed by atoms with Crippen molar-refractivity contribution in [3.05, 3.63) is 0 Å². The Balaban J connectivity index is 2.80. The molecule has 2 heteroatoms. The van der Waals surface area contributed by atoms with Gasteiger partial charge in [-0.1, -0.05) is 20.8 Å². The predicted molar refractivity (Wildman–Crippen MR) is 48.9 cm³/mol. The second-order valence-electron chi connectivity index (χ2n) is 3.07. The van der Waals surface area contributed by atoms with Gasteiger partial charge in [0.1, 0.15) is 0 Å². The molecule has 0 aliphatic rings. The van der Waals surface area contributed by atoms with Gasteiger partial charge in [0.25, 0.3) is 0 Å². The SMILES string of the molecule is CCCOCCCNC(C)C. The van der Waals surface area contributed by atoms with Crippen LogP contribution >= 0.6 is 0 Å². The molecule has 0 saturated heterocycles. The fourth-order valence-electron chi connectivity index (χ4n) is 0.811. The van der Waals surface area contributed by atoms with Crippen molar-refractivity contribution in [3.8, 4) is 0 Å². The largest absolute Gasteiger partial charge is 0.381 e. The van der Waals surface area contributed by atoms with E-state index < -0.39 is 0 Å². The van der Waals surface area contributed by atoms with Gasteiger partial charge in [-0.15, -0.1) is 0 Å². The Morgan fingerprint density at radius 2 is 2.00 bits per heavy atom. The third-order valence-corrected chi connectivity index (χ3v) is 1.37. The van der Waals surface area contributed by atoms with Crippen molar-refractivity contribution in [2.45, 2.75) is 39.7 Å². The number of nitrogens with one attached hydrogen (secondary N) is 1. The van der Waals surface area contributed by atoms with E-state index in [9.17, 15) is 0 Å². The molecule has 0 saturated carbocycles. The van der Waals surface area contributed by atoms with Crippen LogP contribution in [0.3, 0.4) is 0 Å². The Hall–Kier alpha value is -0.0800. The smallest absolute Gasteiger partial charge is 0.0478 e. The first-order valence-corrected chi connectivity index (χ1v) is 4.58. The highest BCUT2D eigenvalue weighted by molar-refractivity contribution is 4.51. The summed E-state index contributed by atoms with van der Waals surface area (Å²) in [6, 6.07) is 0.598. The van der Waals surface area contributed by atoms with Crippen LogP contribution < -0.4 is 5.32 Å². The summed E-state index contributed by atoms with van der Waals surface area (Å²) < 4.78 is 5.32. The van der Waals surface area contributed by atoms with E-state index in [1.165, 1.54) is 0 Å². The summed E-state index contributed by atoms with van der Waals surface area (Å²) in [5, 5.41) is 3.34. The zero-order valence-corrected chi connectivity index (χ0v) is 8.02. The molecule has 0 aromatic carbocycles. The molecule has 0 unspecified atom stereocenters. The van der Waals surface area contributed by atoms with Crippen LogP contribution in [0.25, 0.3) is 0 Å². The molecular weight excluding hydrogens is 138 g/mol. The number of hydrogen-bond acceptors (Lipinski definition) is 2. The summed E-state index contributed by atoms with van der Waals surface area (Å²) in [6.07, 6.45) is 2.25. The lowest BCUT2D eigenvalue weighted by atomic mass is 10.3. The van der Waals surface area contributed by atoms with Gasteiger partial charge in [0, 0.05) is 19.3 Å². The zero-order chi connectivity index (χ0) is 8.53. The van der Waals surface area contributed by atoms with Crippen molar-refractivity contribution >= 4 is 0 Å². The van der Waals surface area contributed by atoms with E-state index in [4.69, 9.17) is 4.74 Å². The standard InChI is InChI=1S/C9H21NO/c1-4-7-11-8-5-6-10-9(2)3/h9-10H,4-8H2,1-3H3. The van der Waals surface area contributed by atoms with Crippen LogP contribution in [0.2, 0.25) is 0 Å². The summed E-state index contributed by atoms with van der Waals surface area (Å²) in [6.45, 7) is 9.32. The molecule has 0 bridgehead atoms. The van der Waals surface area contributed by atoms with E-state index in [-0.39, 0.29) is 0 Å². The Morgan fingerprint density at radius 3 is 2.55 bits per heavy atom. The lowest BCUT2D eigenvalue weighted by Crippen LogP contribution is -2.24. The lowest BCUT2D eigenvalue weighted by molar-refractivity contribution is 0.132. The minimum atomic E-state index is 0.598. The van der Waals surface area contributed by atoms with Crippen LogP contribution in [0.15, 0.2) is 0 Å². The molecular formula is C9H21NO. The van der Waals surface area contributed by atoms with Gasteiger partial charge in [-0.2, -0.15) is 0 Å². The van der Waals surface area contributed by atoms with E-state index in [1.54, 1.807) is 0 Å². The quantitative estimate of drug-likeness (QED) is 0.572. The second-order valence-corrected chi connectivity index (χ2v) is 3.07.